The lowest BCUT2D eigenvalue weighted by atomic mass is 10.2. The monoisotopic (exact) mass is 366 g/mol. The van der Waals surface area contributed by atoms with Crippen LogP contribution in [0.3, 0.4) is 0 Å². The summed E-state index contributed by atoms with van der Waals surface area (Å²) in [7, 11) is 0. The number of hydrogen-bond acceptors (Lipinski definition) is 4. The third kappa shape index (κ3) is 6.11. The highest BCUT2D eigenvalue weighted by atomic mass is 19.1. The summed E-state index contributed by atoms with van der Waals surface area (Å²) in [6.07, 6.45) is 3.47. The Hall–Kier alpha value is -3.41. The maximum Gasteiger partial charge on any atom is 0.258 e. The van der Waals surface area contributed by atoms with Crippen molar-refractivity contribution in [2.75, 3.05) is 6.61 Å². The Bertz CT molecular complexity index is 853. The second-order valence-electron chi connectivity index (χ2n) is 5.81. The van der Waals surface area contributed by atoms with Gasteiger partial charge in [0.25, 0.3) is 5.91 Å². The average molecular weight is 366 g/mol. The molecule has 1 N–H and O–H groups in total. The van der Waals surface area contributed by atoms with Crippen LogP contribution in [0.15, 0.2) is 73.1 Å². The summed E-state index contributed by atoms with van der Waals surface area (Å²) < 4.78 is 24.0. The first-order chi connectivity index (χ1) is 13.2. The minimum atomic E-state index is -0.304. The molecule has 3 rings (SSSR count). The molecule has 0 atom stereocenters. The predicted molar refractivity (Wildman–Crippen MR) is 98.8 cm³/mol. The van der Waals surface area contributed by atoms with Crippen molar-refractivity contribution in [3.05, 3.63) is 90.0 Å². The Balaban J connectivity index is 1.40. The summed E-state index contributed by atoms with van der Waals surface area (Å²) in [6, 6.07) is 16.8. The molecule has 0 aliphatic rings. The maximum absolute atomic E-state index is 12.8. The minimum absolute atomic E-state index is 0.100. The van der Waals surface area contributed by atoms with Crippen molar-refractivity contribution in [2.45, 2.75) is 13.2 Å². The van der Waals surface area contributed by atoms with Gasteiger partial charge in [-0.3, -0.25) is 9.78 Å². The van der Waals surface area contributed by atoms with E-state index in [1.54, 1.807) is 48.8 Å². The quantitative estimate of drug-likeness (QED) is 0.663. The first-order valence-corrected chi connectivity index (χ1v) is 8.45. The number of ether oxygens (including phenoxy) is 2. The third-order valence-electron chi connectivity index (χ3n) is 3.72. The van der Waals surface area contributed by atoms with Gasteiger partial charge in [0.05, 0.1) is 0 Å². The number of benzene rings is 2. The van der Waals surface area contributed by atoms with Crippen LogP contribution in [0.4, 0.5) is 4.39 Å². The van der Waals surface area contributed by atoms with Crippen LogP contribution < -0.4 is 14.8 Å². The van der Waals surface area contributed by atoms with Crippen molar-refractivity contribution in [1.82, 2.24) is 10.3 Å². The molecule has 0 aliphatic heterocycles. The molecule has 3 aromatic rings. The molecule has 0 unspecified atom stereocenters. The number of nitrogens with zero attached hydrogens (tertiary/aromatic N) is 1. The normalized spacial score (nSPS) is 10.3. The van der Waals surface area contributed by atoms with E-state index in [2.05, 4.69) is 10.3 Å². The Morgan fingerprint density at radius 1 is 0.926 bits per heavy atom. The lowest BCUT2D eigenvalue weighted by Gasteiger charge is -2.09. The largest absolute Gasteiger partial charge is 0.489 e. The van der Waals surface area contributed by atoms with Crippen LogP contribution in [0, 0.1) is 5.82 Å². The summed E-state index contributed by atoms with van der Waals surface area (Å²) in [4.78, 5) is 15.9. The Morgan fingerprint density at radius 2 is 1.63 bits per heavy atom. The fourth-order valence-corrected chi connectivity index (χ4v) is 2.29. The molecule has 2 aromatic carbocycles. The van der Waals surface area contributed by atoms with Gasteiger partial charge in [-0.05, 0) is 48.0 Å². The molecule has 5 nitrogen and oxygen atoms in total. The van der Waals surface area contributed by atoms with Gasteiger partial charge in [-0.2, -0.15) is 0 Å². The van der Waals surface area contributed by atoms with E-state index in [0.29, 0.717) is 24.7 Å². The van der Waals surface area contributed by atoms with Gasteiger partial charge in [0.2, 0.25) is 0 Å². The number of carbonyl (C=O) groups is 1. The molecule has 27 heavy (non-hydrogen) atoms. The van der Waals surface area contributed by atoms with Gasteiger partial charge in [0.15, 0.2) is 6.61 Å². The van der Waals surface area contributed by atoms with Gasteiger partial charge in [0.1, 0.15) is 23.9 Å². The highest BCUT2D eigenvalue weighted by molar-refractivity contribution is 5.77. The van der Waals surface area contributed by atoms with Crippen molar-refractivity contribution in [2.24, 2.45) is 0 Å². The van der Waals surface area contributed by atoms with Crippen molar-refractivity contribution >= 4 is 5.91 Å². The number of rotatable bonds is 8. The molecule has 1 heterocycles. The highest BCUT2D eigenvalue weighted by Gasteiger charge is 2.04. The van der Waals surface area contributed by atoms with Crippen LogP contribution in [0.25, 0.3) is 0 Å². The lowest BCUT2D eigenvalue weighted by molar-refractivity contribution is -0.123. The number of carbonyl (C=O) groups excluding carboxylic acids is 1. The molecule has 0 saturated carbocycles. The van der Waals surface area contributed by atoms with Crippen molar-refractivity contribution < 1.29 is 18.7 Å². The number of hydrogen-bond donors (Lipinski definition) is 1. The van der Waals surface area contributed by atoms with E-state index in [1.807, 2.05) is 12.1 Å². The summed E-state index contributed by atoms with van der Waals surface area (Å²) >= 11 is 0. The molecular weight excluding hydrogens is 347 g/mol. The topological polar surface area (TPSA) is 60.5 Å². The second-order valence-corrected chi connectivity index (χ2v) is 5.81. The van der Waals surface area contributed by atoms with Gasteiger partial charge >= 0.3 is 0 Å². The van der Waals surface area contributed by atoms with Gasteiger partial charge < -0.3 is 14.8 Å². The van der Waals surface area contributed by atoms with Crippen LogP contribution in [-0.2, 0) is 17.9 Å². The molecule has 0 saturated heterocycles. The zero-order valence-corrected chi connectivity index (χ0v) is 14.6. The van der Waals surface area contributed by atoms with E-state index in [4.69, 9.17) is 9.47 Å². The zero-order chi connectivity index (χ0) is 18.9. The van der Waals surface area contributed by atoms with Gasteiger partial charge in [-0.25, -0.2) is 4.39 Å². The standard InChI is InChI=1S/C21H19FN2O3/c22-18-5-3-16(4-6-18)13-24-21(25)15-27-20-9-7-19(8-10-20)26-14-17-2-1-11-23-12-17/h1-12H,13-15H2,(H,24,25). The molecule has 0 bridgehead atoms. The first kappa shape index (κ1) is 18.4. The van der Waals surface area contributed by atoms with E-state index in [-0.39, 0.29) is 18.3 Å². The second kappa shape index (κ2) is 9.33. The molecule has 0 spiro atoms. The number of nitrogens with one attached hydrogen (secondary N) is 1. The van der Waals surface area contributed by atoms with Gasteiger partial charge in [-0.1, -0.05) is 18.2 Å². The summed E-state index contributed by atoms with van der Waals surface area (Å²) in [5.41, 5.74) is 1.80. The summed E-state index contributed by atoms with van der Waals surface area (Å²) in [6.45, 7) is 0.653. The molecule has 0 radical (unpaired) electrons. The lowest BCUT2D eigenvalue weighted by Crippen LogP contribution is -2.28. The van der Waals surface area contributed by atoms with Crippen molar-refractivity contribution in [1.29, 1.82) is 0 Å². The van der Waals surface area contributed by atoms with Crippen LogP contribution in [-0.4, -0.2) is 17.5 Å². The number of aromatic nitrogens is 1. The highest BCUT2D eigenvalue weighted by Crippen LogP contribution is 2.18. The van der Waals surface area contributed by atoms with E-state index in [0.717, 1.165) is 11.1 Å². The minimum Gasteiger partial charge on any atom is -0.489 e. The molecular formula is C21H19FN2O3. The molecule has 138 valence electrons. The zero-order valence-electron chi connectivity index (χ0n) is 14.6. The molecule has 0 fully saturated rings. The molecule has 0 aliphatic carbocycles. The van der Waals surface area contributed by atoms with Crippen LogP contribution in [0.1, 0.15) is 11.1 Å². The van der Waals surface area contributed by atoms with Crippen LogP contribution >= 0.6 is 0 Å². The Labute approximate surface area is 156 Å². The van der Waals surface area contributed by atoms with E-state index in [1.165, 1.54) is 12.1 Å². The third-order valence-corrected chi connectivity index (χ3v) is 3.72. The first-order valence-electron chi connectivity index (χ1n) is 8.45. The Kier molecular flexibility index (Phi) is 6.35. The number of amides is 1. The van der Waals surface area contributed by atoms with Crippen LogP contribution in [0.2, 0.25) is 0 Å². The van der Waals surface area contributed by atoms with E-state index < -0.39 is 0 Å². The smallest absolute Gasteiger partial charge is 0.258 e. The maximum atomic E-state index is 12.8. The number of pyridine rings is 1. The van der Waals surface area contributed by atoms with E-state index in [9.17, 15) is 9.18 Å². The molecule has 6 heteroatoms. The SMILES string of the molecule is O=C(COc1ccc(OCc2cccnc2)cc1)NCc1ccc(F)cc1. The average Bonchev–Trinajstić information content (AvgIpc) is 2.72. The fourth-order valence-electron chi connectivity index (χ4n) is 2.29. The van der Waals surface area contributed by atoms with Crippen molar-refractivity contribution in [3.8, 4) is 11.5 Å². The van der Waals surface area contributed by atoms with Crippen molar-refractivity contribution in [3.63, 3.8) is 0 Å². The molecule has 1 amide bonds. The summed E-state index contributed by atoms with van der Waals surface area (Å²) in [5, 5.41) is 2.72. The number of halogens is 1. The van der Waals surface area contributed by atoms with Gasteiger partial charge in [0, 0.05) is 24.5 Å². The summed E-state index contributed by atoms with van der Waals surface area (Å²) in [5.74, 6) is 0.713. The predicted octanol–water partition coefficient (Wildman–Crippen LogP) is 3.49. The van der Waals surface area contributed by atoms with E-state index >= 15 is 0 Å². The molecule has 1 aromatic heterocycles. The van der Waals surface area contributed by atoms with Gasteiger partial charge in [-0.15, -0.1) is 0 Å². The fraction of sp³-hybridized carbons (Fsp3) is 0.143. The van der Waals surface area contributed by atoms with Crippen LogP contribution in [0.5, 0.6) is 11.5 Å². The Morgan fingerprint density at radius 3 is 2.30 bits per heavy atom.